The molecular weight excluding hydrogens is 232 g/mol. The molecule has 0 spiro atoms. The minimum atomic E-state index is -0.897. The molecule has 0 bridgehead atoms. The molecule has 1 aliphatic rings. The zero-order valence-corrected chi connectivity index (χ0v) is 10.5. The molecule has 0 fully saturated rings. The van der Waals surface area contributed by atoms with Crippen LogP contribution in [0.15, 0.2) is 12.1 Å². The fourth-order valence-electron chi connectivity index (χ4n) is 2.69. The smallest absolute Gasteiger partial charge is 0.335 e. The highest BCUT2D eigenvalue weighted by Gasteiger charge is 2.27. The van der Waals surface area contributed by atoms with Gasteiger partial charge in [0.15, 0.2) is 0 Å². The molecule has 0 saturated carbocycles. The van der Waals surface area contributed by atoms with Crippen molar-refractivity contribution in [2.24, 2.45) is 0 Å². The summed E-state index contributed by atoms with van der Waals surface area (Å²) in [5.74, 6) is -0.950. The second kappa shape index (κ2) is 4.80. The van der Waals surface area contributed by atoms with Gasteiger partial charge in [0.1, 0.15) is 0 Å². The van der Waals surface area contributed by atoms with Gasteiger partial charge in [-0.3, -0.25) is 4.79 Å². The summed E-state index contributed by atoms with van der Waals surface area (Å²) in [5.41, 5.74) is 3.37. The van der Waals surface area contributed by atoms with Crippen molar-refractivity contribution in [2.75, 3.05) is 7.11 Å². The summed E-state index contributed by atoms with van der Waals surface area (Å²) in [4.78, 5) is 22.4. The fraction of sp³-hybridized carbons (Fsp3) is 0.429. The number of rotatable bonds is 3. The molecule has 1 N–H and O–H groups in total. The van der Waals surface area contributed by atoms with Gasteiger partial charge in [-0.25, -0.2) is 4.79 Å². The first-order valence-corrected chi connectivity index (χ1v) is 5.97. The molecule has 4 nitrogen and oxygen atoms in total. The molecule has 1 aromatic carbocycles. The van der Waals surface area contributed by atoms with E-state index in [4.69, 9.17) is 5.11 Å². The van der Waals surface area contributed by atoms with Gasteiger partial charge in [0.2, 0.25) is 0 Å². The second-order valence-electron chi connectivity index (χ2n) is 4.63. The van der Waals surface area contributed by atoms with Crippen LogP contribution in [0.3, 0.4) is 0 Å². The van der Waals surface area contributed by atoms with E-state index in [1.54, 1.807) is 6.07 Å². The summed E-state index contributed by atoms with van der Waals surface area (Å²) in [6, 6.07) is 3.47. The van der Waals surface area contributed by atoms with Crippen molar-refractivity contribution in [1.29, 1.82) is 0 Å². The van der Waals surface area contributed by atoms with Gasteiger partial charge in [0, 0.05) is 0 Å². The number of carbonyl (C=O) groups is 2. The lowest BCUT2D eigenvalue weighted by Gasteiger charge is -2.12. The van der Waals surface area contributed by atoms with Crippen molar-refractivity contribution in [2.45, 2.75) is 32.1 Å². The van der Waals surface area contributed by atoms with E-state index in [-0.39, 0.29) is 11.9 Å². The Balaban J connectivity index is 2.33. The van der Waals surface area contributed by atoms with Crippen LogP contribution in [0.25, 0.3) is 0 Å². The van der Waals surface area contributed by atoms with Crippen molar-refractivity contribution in [3.8, 4) is 0 Å². The molecule has 0 aromatic heterocycles. The van der Waals surface area contributed by atoms with E-state index in [0.717, 1.165) is 29.5 Å². The van der Waals surface area contributed by atoms with Gasteiger partial charge < -0.3 is 9.84 Å². The molecular formula is C14H16O4. The number of fused-ring (bicyclic) bond motifs is 1. The van der Waals surface area contributed by atoms with E-state index < -0.39 is 5.97 Å². The molecule has 0 heterocycles. The topological polar surface area (TPSA) is 63.6 Å². The van der Waals surface area contributed by atoms with Gasteiger partial charge in [0.25, 0.3) is 0 Å². The Morgan fingerprint density at radius 2 is 2.17 bits per heavy atom. The minimum absolute atomic E-state index is 0.161. The lowest BCUT2D eigenvalue weighted by atomic mass is 9.94. The predicted octanol–water partition coefficient (Wildman–Crippen LogP) is 2.29. The summed E-state index contributed by atoms with van der Waals surface area (Å²) >= 11 is 0. The average Bonchev–Trinajstić information content (AvgIpc) is 2.73. The molecule has 18 heavy (non-hydrogen) atoms. The summed E-state index contributed by atoms with van der Waals surface area (Å²) in [7, 11) is 1.39. The highest BCUT2D eigenvalue weighted by Crippen LogP contribution is 2.38. The summed E-state index contributed by atoms with van der Waals surface area (Å²) in [6.07, 6.45) is 2.09. The van der Waals surface area contributed by atoms with Crippen LogP contribution in [0.4, 0.5) is 0 Å². The SMILES string of the molecule is COC(=O)CC1CCc2c1ccc(C(=O)O)c2C. The largest absolute Gasteiger partial charge is 0.478 e. The number of carbonyl (C=O) groups excluding carboxylic acids is 1. The van der Waals surface area contributed by atoms with Crippen LogP contribution in [0.2, 0.25) is 0 Å². The number of ether oxygens (including phenoxy) is 1. The third-order valence-corrected chi connectivity index (χ3v) is 3.69. The first-order chi connectivity index (χ1) is 8.54. The van der Waals surface area contributed by atoms with E-state index in [1.165, 1.54) is 7.11 Å². The molecule has 1 aliphatic carbocycles. The Bertz CT molecular complexity index is 505. The van der Waals surface area contributed by atoms with Gasteiger partial charge >= 0.3 is 11.9 Å². The maximum absolute atomic E-state index is 11.3. The summed E-state index contributed by atoms with van der Waals surface area (Å²) in [5, 5.41) is 9.07. The number of carboxylic acid groups (broad SMARTS) is 1. The number of methoxy groups -OCH3 is 1. The van der Waals surface area contributed by atoms with Gasteiger partial charge in [-0.1, -0.05) is 6.07 Å². The molecule has 1 unspecified atom stereocenters. The molecule has 0 radical (unpaired) electrons. The number of hydrogen-bond acceptors (Lipinski definition) is 3. The lowest BCUT2D eigenvalue weighted by Crippen LogP contribution is -2.07. The van der Waals surface area contributed by atoms with Gasteiger partial charge in [-0.2, -0.15) is 0 Å². The molecule has 1 atom stereocenters. The van der Waals surface area contributed by atoms with E-state index >= 15 is 0 Å². The van der Waals surface area contributed by atoms with Crippen molar-refractivity contribution in [3.63, 3.8) is 0 Å². The van der Waals surface area contributed by atoms with E-state index in [2.05, 4.69) is 4.74 Å². The van der Waals surface area contributed by atoms with Gasteiger partial charge in [-0.05, 0) is 48.4 Å². The number of aromatic carboxylic acids is 1. The first kappa shape index (κ1) is 12.6. The van der Waals surface area contributed by atoms with E-state index in [1.807, 2.05) is 13.0 Å². The van der Waals surface area contributed by atoms with E-state index in [0.29, 0.717) is 12.0 Å². The molecule has 1 aromatic rings. The van der Waals surface area contributed by atoms with Crippen LogP contribution >= 0.6 is 0 Å². The number of carboxylic acids is 1. The first-order valence-electron chi connectivity index (χ1n) is 5.97. The maximum Gasteiger partial charge on any atom is 0.335 e. The third kappa shape index (κ3) is 2.10. The molecule has 0 saturated heterocycles. The number of hydrogen-bond donors (Lipinski definition) is 1. The van der Waals surface area contributed by atoms with Crippen LogP contribution in [-0.4, -0.2) is 24.2 Å². The van der Waals surface area contributed by atoms with E-state index in [9.17, 15) is 9.59 Å². The van der Waals surface area contributed by atoms with Gasteiger partial charge in [-0.15, -0.1) is 0 Å². The van der Waals surface area contributed by atoms with Crippen molar-refractivity contribution in [1.82, 2.24) is 0 Å². The second-order valence-corrected chi connectivity index (χ2v) is 4.63. The fourth-order valence-corrected chi connectivity index (χ4v) is 2.69. The maximum atomic E-state index is 11.3. The monoisotopic (exact) mass is 248 g/mol. The zero-order valence-electron chi connectivity index (χ0n) is 10.5. The molecule has 96 valence electrons. The predicted molar refractivity (Wildman–Crippen MR) is 65.8 cm³/mol. The number of esters is 1. The average molecular weight is 248 g/mol. The highest BCUT2D eigenvalue weighted by molar-refractivity contribution is 5.90. The Morgan fingerprint density at radius 1 is 1.44 bits per heavy atom. The molecule has 2 rings (SSSR count). The van der Waals surface area contributed by atoms with Crippen LogP contribution in [0.5, 0.6) is 0 Å². The Hall–Kier alpha value is -1.84. The van der Waals surface area contributed by atoms with Crippen molar-refractivity contribution in [3.05, 3.63) is 34.4 Å². The van der Waals surface area contributed by atoms with Gasteiger partial charge in [0.05, 0.1) is 19.1 Å². The molecule has 4 heteroatoms. The van der Waals surface area contributed by atoms with Crippen LogP contribution in [0.1, 0.15) is 45.8 Å². The normalized spacial score (nSPS) is 17.3. The zero-order chi connectivity index (χ0) is 13.3. The van der Waals surface area contributed by atoms with Crippen molar-refractivity contribution < 1.29 is 19.4 Å². The molecule has 0 aliphatic heterocycles. The highest BCUT2D eigenvalue weighted by atomic mass is 16.5. The number of benzene rings is 1. The summed E-state index contributed by atoms with van der Waals surface area (Å²) in [6.45, 7) is 1.84. The standard InChI is InChI=1S/C14H16O4/c1-8-10-4-3-9(7-13(15)18-2)12(10)6-5-11(8)14(16)17/h5-6,9H,3-4,7H2,1-2H3,(H,16,17). The van der Waals surface area contributed by atoms with Crippen molar-refractivity contribution >= 4 is 11.9 Å². The minimum Gasteiger partial charge on any atom is -0.478 e. The Morgan fingerprint density at radius 3 is 2.78 bits per heavy atom. The summed E-state index contributed by atoms with van der Waals surface area (Å²) < 4.78 is 4.69. The quantitative estimate of drug-likeness (QED) is 0.833. The van der Waals surface area contributed by atoms with Crippen LogP contribution < -0.4 is 0 Å². The van der Waals surface area contributed by atoms with Crippen LogP contribution in [-0.2, 0) is 16.0 Å². The Labute approximate surface area is 106 Å². The van der Waals surface area contributed by atoms with Crippen LogP contribution in [0, 0.1) is 6.92 Å². The molecule has 0 amide bonds. The lowest BCUT2D eigenvalue weighted by molar-refractivity contribution is -0.141. The Kier molecular flexibility index (Phi) is 3.36. The third-order valence-electron chi connectivity index (χ3n) is 3.69.